The molecule has 0 radical (unpaired) electrons. The fraction of sp³-hybridized carbons (Fsp3) is 0.152. The first-order chi connectivity index (χ1) is 36.7. The predicted octanol–water partition coefficient (Wildman–Crippen LogP) is 12.2. The zero-order chi connectivity index (χ0) is 49.9. The van der Waals surface area contributed by atoms with Crippen LogP contribution in [0.25, 0.3) is 46.0 Å². The highest BCUT2D eigenvalue weighted by molar-refractivity contribution is 5.93. The van der Waals surface area contributed by atoms with Crippen LogP contribution in [0.4, 0.5) is 0 Å². The molecule has 0 fully saturated rings. The van der Waals surface area contributed by atoms with Gasteiger partial charge in [-0.25, -0.2) is 0 Å². The predicted molar refractivity (Wildman–Crippen MR) is 307 cm³/mol. The second-order valence-corrected chi connectivity index (χ2v) is 19.1. The summed E-state index contributed by atoms with van der Waals surface area (Å²) in [7, 11) is 2.26. The van der Waals surface area contributed by atoms with Crippen LogP contribution in [0.1, 0.15) is 44.5 Å². The fourth-order valence-electron chi connectivity index (χ4n) is 10.8. The third kappa shape index (κ3) is 10.6. The monoisotopic (exact) mass is 969 g/mol. The Morgan fingerprint density at radius 2 is 0.757 bits per heavy atom. The van der Waals surface area contributed by atoms with Crippen LogP contribution in [0.2, 0.25) is 0 Å². The molecule has 3 heterocycles. The van der Waals surface area contributed by atoms with Crippen LogP contribution in [-0.2, 0) is 0 Å². The normalized spacial score (nSPS) is 16.3. The minimum absolute atomic E-state index is 0.620. The van der Waals surface area contributed by atoms with Gasteiger partial charge < -0.3 is 34.7 Å². The number of fused-ring (bicyclic) bond motifs is 4. The molecule has 74 heavy (non-hydrogen) atoms. The minimum atomic E-state index is 0.620. The molecule has 3 aliphatic rings. The van der Waals surface area contributed by atoms with E-state index in [-0.39, 0.29) is 0 Å². The quantitative estimate of drug-likeness (QED) is 0.139. The lowest BCUT2D eigenvalue weighted by atomic mass is 10.0. The Labute approximate surface area is 437 Å². The average Bonchev–Trinajstić information content (AvgIpc) is 4.02. The van der Waals surface area contributed by atoms with Gasteiger partial charge in [-0.2, -0.15) is 0 Å². The summed E-state index contributed by atoms with van der Waals surface area (Å²) in [6, 6.07) is 87.4. The smallest absolute Gasteiger partial charge is 0.0922 e. The molecule has 0 aliphatic carbocycles. The van der Waals surface area contributed by atoms with Crippen LogP contribution in [-0.4, -0.2) is 96.0 Å². The van der Waals surface area contributed by atoms with Gasteiger partial charge in [0, 0.05) is 50.1 Å². The molecule has 8 heteroatoms. The van der Waals surface area contributed by atoms with Gasteiger partial charge in [0.05, 0.1) is 67.5 Å². The molecule has 368 valence electrons. The maximum Gasteiger partial charge on any atom is 0.0922 e. The van der Waals surface area contributed by atoms with E-state index in [0.29, 0.717) is 33.2 Å². The Morgan fingerprint density at radius 3 is 1.26 bits per heavy atom. The van der Waals surface area contributed by atoms with Crippen molar-refractivity contribution < 1.29 is 0 Å². The molecule has 0 saturated heterocycles. The second-order valence-electron chi connectivity index (χ2n) is 19.1. The highest BCUT2D eigenvalue weighted by Crippen LogP contribution is 2.41. The van der Waals surface area contributed by atoms with Gasteiger partial charge in [-0.3, -0.25) is 5.32 Å². The lowest BCUT2D eigenvalue weighted by Gasteiger charge is -2.34. The summed E-state index contributed by atoms with van der Waals surface area (Å²) in [4.78, 5) is 15.3. The maximum atomic E-state index is 4.10. The molecule has 8 nitrogen and oxygen atoms in total. The van der Waals surface area contributed by atoms with E-state index in [4.69, 9.17) is 0 Å². The Balaban J connectivity index is 1.08. The van der Waals surface area contributed by atoms with Crippen molar-refractivity contribution in [2.45, 2.75) is 0 Å². The number of rotatable bonds is 9. The summed E-state index contributed by atoms with van der Waals surface area (Å²) in [6.45, 7) is 6.31. The Kier molecular flexibility index (Phi) is 14.7. The third-order valence-corrected chi connectivity index (χ3v) is 14.1. The first-order valence-electron chi connectivity index (χ1n) is 25.9. The molecule has 0 aromatic heterocycles. The van der Waals surface area contributed by atoms with E-state index in [2.05, 4.69) is 296 Å². The van der Waals surface area contributed by atoms with Crippen LogP contribution in [0, 0.1) is 0 Å². The Morgan fingerprint density at radius 1 is 0.365 bits per heavy atom. The van der Waals surface area contributed by atoms with Crippen molar-refractivity contribution >= 4 is 46.0 Å². The summed E-state index contributed by atoms with van der Waals surface area (Å²) in [5.74, 6) is 0. The number of nitrogens with one attached hydrogen (secondary N) is 2. The molecule has 0 atom stereocenters. The van der Waals surface area contributed by atoms with E-state index in [1.807, 2.05) is 0 Å². The molecular weight excluding hydrogens is 905 g/mol. The topological polar surface area (TPSA) is 43.5 Å². The number of benzene rings is 8. The zero-order valence-electron chi connectivity index (χ0n) is 42.2. The van der Waals surface area contributed by atoms with Crippen molar-refractivity contribution in [2.24, 2.45) is 0 Å². The molecule has 0 spiro atoms. The Hall–Kier alpha value is -8.72. The largest absolute Gasteiger partial charge is 0.381 e. The van der Waals surface area contributed by atoms with E-state index in [9.17, 15) is 0 Å². The van der Waals surface area contributed by atoms with E-state index >= 15 is 0 Å². The lowest BCUT2D eigenvalue weighted by molar-refractivity contribution is 0.207. The molecule has 0 saturated carbocycles. The molecule has 0 amide bonds. The minimum Gasteiger partial charge on any atom is -0.381 e. The second kappa shape index (κ2) is 22.8. The number of hydrogen-bond donors (Lipinski definition) is 2. The third-order valence-electron chi connectivity index (χ3n) is 14.1. The van der Waals surface area contributed by atoms with Crippen molar-refractivity contribution in [1.29, 1.82) is 0 Å². The molecule has 0 unspecified atom stereocenters. The van der Waals surface area contributed by atoms with Crippen molar-refractivity contribution in [2.75, 3.05) is 66.6 Å². The van der Waals surface area contributed by atoms with Gasteiger partial charge in [0.15, 0.2) is 0 Å². The van der Waals surface area contributed by atoms with Gasteiger partial charge >= 0.3 is 0 Å². The highest BCUT2D eigenvalue weighted by atomic mass is 15.4. The van der Waals surface area contributed by atoms with Crippen LogP contribution in [0.5, 0.6) is 0 Å². The molecule has 8 aromatic carbocycles. The van der Waals surface area contributed by atoms with Crippen molar-refractivity contribution in [3.05, 3.63) is 287 Å². The van der Waals surface area contributed by atoms with Gasteiger partial charge in [-0.1, -0.05) is 243 Å². The van der Waals surface area contributed by atoms with E-state index in [0.717, 1.165) is 54.4 Å². The Bertz CT molecular complexity index is 3200. The van der Waals surface area contributed by atoms with Crippen molar-refractivity contribution in [3.63, 3.8) is 0 Å². The number of hydrogen-bond acceptors (Lipinski definition) is 8. The molecule has 4 bridgehead atoms. The first-order valence-corrected chi connectivity index (χ1v) is 25.9. The first kappa shape index (κ1) is 47.6. The van der Waals surface area contributed by atoms with Crippen molar-refractivity contribution in [1.82, 2.24) is 40.0 Å². The average molecular weight is 969 g/mol. The summed E-state index contributed by atoms with van der Waals surface area (Å²) < 4.78 is 0. The van der Waals surface area contributed by atoms with E-state index in [1.165, 1.54) is 56.3 Å². The molecule has 3 aliphatic heterocycles. The summed E-state index contributed by atoms with van der Waals surface area (Å²) in [5, 5.41) is 8.14. The van der Waals surface area contributed by atoms with E-state index < -0.39 is 0 Å². The summed E-state index contributed by atoms with van der Waals surface area (Å²) >= 11 is 0. The molecular formula is C66H64N8. The zero-order valence-corrected chi connectivity index (χ0v) is 42.2. The van der Waals surface area contributed by atoms with Gasteiger partial charge in [-0.05, 0) is 39.5 Å². The van der Waals surface area contributed by atoms with E-state index in [1.54, 1.807) is 0 Å². The van der Waals surface area contributed by atoms with Gasteiger partial charge in [0.25, 0.3) is 0 Å². The van der Waals surface area contributed by atoms with Crippen LogP contribution in [0.3, 0.4) is 0 Å². The lowest BCUT2D eigenvalue weighted by Crippen LogP contribution is -2.43. The van der Waals surface area contributed by atoms with Crippen LogP contribution in [0.15, 0.2) is 243 Å². The van der Waals surface area contributed by atoms with Crippen molar-refractivity contribution in [3.8, 4) is 0 Å². The van der Waals surface area contributed by atoms with Crippen LogP contribution < -0.4 is 10.6 Å². The van der Waals surface area contributed by atoms with Crippen LogP contribution >= 0.6 is 0 Å². The fourth-order valence-corrected chi connectivity index (χ4v) is 10.8. The maximum absolute atomic E-state index is 4.10. The summed E-state index contributed by atoms with van der Waals surface area (Å²) in [5.41, 5.74) is 17.7. The van der Waals surface area contributed by atoms with Gasteiger partial charge in [0.2, 0.25) is 0 Å². The highest BCUT2D eigenvalue weighted by Gasteiger charge is 2.34. The standard InChI is InChI=1S/C66H64N8/c1-69-49-74-51-72(64(57-36-20-7-21-37-57)66(74)59-40-24-9-25-41-59)45-44-70(60(53-28-12-3-13-29-53)46-52-26-10-2-11-27-52)47-67-48-73-50-71(63(56-34-18-6-19-35-56)65(73)58-38-22-8-23-39-58)43-42-68-61(54-30-14-4-15-31-54)62(69)55-32-16-5-17-33-55/h2-41,46,67-68H,42-45,47-51H2,1H3/b60-46+,62-61?. The number of nitrogens with zero attached hydrogens (tertiary/aromatic N) is 6. The molecule has 8 aromatic rings. The molecule has 2 N–H and O–H groups in total. The summed E-state index contributed by atoms with van der Waals surface area (Å²) in [6.07, 6.45) is 2.36. The molecule has 11 rings (SSSR count). The van der Waals surface area contributed by atoms with Gasteiger partial charge in [-0.15, -0.1) is 0 Å². The van der Waals surface area contributed by atoms with Gasteiger partial charge in [0.1, 0.15) is 0 Å². The SMILES string of the molecule is CN1CN2CN(CCN(/C(=C/c3ccccc3)c3ccccc3)CNCN3CN(CCNC(c4ccccc4)=C1c1ccccc1)C(c1ccccc1)=C3c1ccccc1)C(c1ccccc1)=C2c1ccccc1.